The van der Waals surface area contributed by atoms with E-state index in [9.17, 15) is 5.26 Å². The molecular formula is C15H14N2O. The smallest absolute Gasteiger partial charge is 0.0717 e. The van der Waals surface area contributed by atoms with Crippen molar-refractivity contribution in [1.82, 2.24) is 4.98 Å². The van der Waals surface area contributed by atoms with Gasteiger partial charge in [0.15, 0.2) is 0 Å². The largest absolute Gasteiger partial charge is 0.379 e. The van der Waals surface area contributed by atoms with Gasteiger partial charge >= 0.3 is 0 Å². The van der Waals surface area contributed by atoms with E-state index in [4.69, 9.17) is 4.74 Å². The first-order valence-electron chi connectivity index (χ1n) is 6.37. The maximum atomic E-state index is 9.51. The molecule has 0 bridgehead atoms. The SMILES string of the molecule is N#CC1(C2(c3c[nH]c4ccccc34)COC2)CC1. The lowest BCUT2D eigenvalue weighted by atomic mass is 9.66. The minimum atomic E-state index is -0.184. The quantitative estimate of drug-likeness (QED) is 0.874. The Balaban J connectivity index is 1.94. The maximum absolute atomic E-state index is 9.51. The van der Waals surface area contributed by atoms with Crippen molar-refractivity contribution in [1.29, 1.82) is 5.26 Å². The van der Waals surface area contributed by atoms with Crippen LogP contribution in [0.4, 0.5) is 0 Å². The van der Waals surface area contributed by atoms with Gasteiger partial charge in [-0.2, -0.15) is 5.26 Å². The van der Waals surface area contributed by atoms with Crippen LogP contribution < -0.4 is 0 Å². The topological polar surface area (TPSA) is 48.8 Å². The molecule has 0 radical (unpaired) electrons. The molecule has 2 aromatic rings. The second-order valence-electron chi connectivity index (χ2n) is 5.52. The molecular weight excluding hydrogens is 224 g/mol. The third-order valence-electron chi connectivity index (χ3n) is 4.68. The van der Waals surface area contributed by atoms with Crippen LogP contribution in [0.25, 0.3) is 10.9 Å². The Kier molecular flexibility index (Phi) is 1.78. The molecule has 1 N–H and O–H groups in total. The maximum Gasteiger partial charge on any atom is 0.0717 e. The molecule has 1 aliphatic heterocycles. The van der Waals surface area contributed by atoms with Gasteiger partial charge in [0, 0.05) is 17.1 Å². The van der Waals surface area contributed by atoms with E-state index in [1.807, 2.05) is 6.07 Å². The summed E-state index contributed by atoms with van der Waals surface area (Å²) >= 11 is 0. The predicted molar refractivity (Wildman–Crippen MR) is 68.1 cm³/mol. The second-order valence-corrected chi connectivity index (χ2v) is 5.52. The van der Waals surface area contributed by atoms with E-state index in [0.29, 0.717) is 13.2 Å². The molecule has 1 aromatic heterocycles. The predicted octanol–water partition coefficient (Wildman–Crippen LogP) is 2.74. The van der Waals surface area contributed by atoms with Crippen molar-refractivity contribution < 1.29 is 4.74 Å². The highest BCUT2D eigenvalue weighted by Gasteiger charge is 2.65. The molecule has 0 unspecified atom stereocenters. The molecule has 2 heterocycles. The first-order valence-corrected chi connectivity index (χ1v) is 6.37. The number of hydrogen-bond acceptors (Lipinski definition) is 2. The van der Waals surface area contributed by atoms with Crippen molar-refractivity contribution in [3.05, 3.63) is 36.0 Å². The lowest BCUT2D eigenvalue weighted by Crippen LogP contribution is -2.53. The fraction of sp³-hybridized carbons (Fsp3) is 0.400. The average Bonchev–Trinajstić information content (AvgIpc) is 3.03. The number of aromatic nitrogens is 1. The van der Waals surface area contributed by atoms with Crippen molar-refractivity contribution >= 4 is 10.9 Å². The van der Waals surface area contributed by atoms with Gasteiger partial charge < -0.3 is 9.72 Å². The van der Waals surface area contributed by atoms with Crippen LogP contribution in [0.3, 0.4) is 0 Å². The standard InChI is InChI=1S/C15H14N2O/c16-8-14(5-6-14)15(9-18-10-15)12-7-17-13-4-2-1-3-11(12)13/h1-4,7,17H,5-6,9-10H2. The van der Waals surface area contributed by atoms with E-state index in [2.05, 4.69) is 35.4 Å². The van der Waals surface area contributed by atoms with Gasteiger partial charge in [0.1, 0.15) is 0 Å². The summed E-state index contributed by atoms with van der Waals surface area (Å²) in [6.07, 6.45) is 4.09. The van der Waals surface area contributed by atoms with Gasteiger partial charge in [-0.05, 0) is 24.5 Å². The fourth-order valence-corrected chi connectivity index (χ4v) is 3.29. The Morgan fingerprint density at radius 2 is 2.00 bits per heavy atom. The number of para-hydroxylation sites is 1. The summed E-state index contributed by atoms with van der Waals surface area (Å²) in [5.41, 5.74) is 2.15. The minimum absolute atomic E-state index is 0.0820. The normalized spacial score (nSPS) is 23.3. The van der Waals surface area contributed by atoms with Gasteiger partial charge in [0.2, 0.25) is 0 Å². The molecule has 0 amide bonds. The first kappa shape index (κ1) is 10.2. The van der Waals surface area contributed by atoms with Crippen LogP contribution in [0.2, 0.25) is 0 Å². The summed E-state index contributed by atoms with van der Waals surface area (Å²) in [6.45, 7) is 1.37. The average molecular weight is 238 g/mol. The Labute approximate surface area is 105 Å². The summed E-state index contributed by atoms with van der Waals surface area (Å²) < 4.78 is 5.47. The number of ether oxygens (including phenoxy) is 1. The number of benzene rings is 1. The zero-order chi connectivity index (χ0) is 12.2. The van der Waals surface area contributed by atoms with Crippen LogP contribution >= 0.6 is 0 Å². The number of H-pyrrole nitrogens is 1. The Morgan fingerprint density at radius 1 is 1.22 bits per heavy atom. The summed E-state index contributed by atoms with van der Waals surface area (Å²) in [4.78, 5) is 3.32. The molecule has 1 saturated heterocycles. The van der Waals surface area contributed by atoms with E-state index in [-0.39, 0.29) is 10.8 Å². The Bertz CT molecular complexity index is 656. The van der Waals surface area contributed by atoms with Crippen LogP contribution in [0.15, 0.2) is 30.5 Å². The number of nitriles is 1. The van der Waals surface area contributed by atoms with Gasteiger partial charge in [0.25, 0.3) is 0 Å². The van der Waals surface area contributed by atoms with Crippen LogP contribution in [-0.4, -0.2) is 18.2 Å². The van der Waals surface area contributed by atoms with Gasteiger partial charge in [-0.1, -0.05) is 18.2 Å². The van der Waals surface area contributed by atoms with Crippen LogP contribution in [0.1, 0.15) is 18.4 Å². The zero-order valence-electron chi connectivity index (χ0n) is 10.1. The number of nitrogens with zero attached hydrogens (tertiary/aromatic N) is 1. The highest BCUT2D eigenvalue weighted by Crippen LogP contribution is 2.62. The van der Waals surface area contributed by atoms with Crippen molar-refractivity contribution in [2.45, 2.75) is 18.3 Å². The van der Waals surface area contributed by atoms with Gasteiger partial charge in [-0.3, -0.25) is 0 Å². The van der Waals surface area contributed by atoms with Gasteiger partial charge in [0.05, 0.1) is 30.1 Å². The van der Waals surface area contributed by atoms with Crippen molar-refractivity contribution in [3.8, 4) is 6.07 Å². The van der Waals surface area contributed by atoms with Crippen LogP contribution in [-0.2, 0) is 10.2 Å². The molecule has 18 heavy (non-hydrogen) atoms. The number of nitrogens with one attached hydrogen (secondary N) is 1. The van der Waals surface area contributed by atoms with E-state index in [1.54, 1.807) is 0 Å². The van der Waals surface area contributed by atoms with Crippen molar-refractivity contribution in [2.24, 2.45) is 5.41 Å². The Morgan fingerprint density at radius 3 is 2.61 bits per heavy atom. The molecule has 1 aromatic carbocycles. The first-order chi connectivity index (χ1) is 8.81. The fourth-order valence-electron chi connectivity index (χ4n) is 3.29. The summed E-state index contributed by atoms with van der Waals surface area (Å²) in [7, 11) is 0. The molecule has 3 heteroatoms. The molecule has 0 spiro atoms. The van der Waals surface area contributed by atoms with Gasteiger partial charge in [-0.25, -0.2) is 0 Å². The monoisotopic (exact) mass is 238 g/mol. The summed E-state index contributed by atoms with van der Waals surface area (Å²) in [5, 5.41) is 10.8. The number of aromatic amines is 1. The number of fused-ring (bicyclic) bond motifs is 1. The van der Waals surface area contributed by atoms with Crippen LogP contribution in [0, 0.1) is 16.7 Å². The summed E-state index contributed by atoms with van der Waals surface area (Å²) in [5.74, 6) is 0. The molecule has 1 saturated carbocycles. The summed E-state index contributed by atoms with van der Waals surface area (Å²) in [6, 6.07) is 10.9. The van der Waals surface area contributed by atoms with Crippen LogP contribution in [0.5, 0.6) is 0 Å². The highest BCUT2D eigenvalue weighted by atomic mass is 16.5. The van der Waals surface area contributed by atoms with Gasteiger partial charge in [-0.15, -0.1) is 0 Å². The minimum Gasteiger partial charge on any atom is -0.379 e. The lowest BCUT2D eigenvalue weighted by Gasteiger charge is -2.45. The van der Waals surface area contributed by atoms with E-state index < -0.39 is 0 Å². The van der Waals surface area contributed by atoms with Crippen molar-refractivity contribution in [3.63, 3.8) is 0 Å². The molecule has 2 aliphatic rings. The molecule has 1 aliphatic carbocycles. The molecule has 2 fully saturated rings. The highest BCUT2D eigenvalue weighted by molar-refractivity contribution is 5.85. The molecule has 3 nitrogen and oxygen atoms in total. The number of rotatable bonds is 2. The Hall–Kier alpha value is -1.79. The molecule has 90 valence electrons. The zero-order valence-corrected chi connectivity index (χ0v) is 10.1. The lowest BCUT2D eigenvalue weighted by molar-refractivity contribution is -0.0859. The second kappa shape index (κ2) is 3.15. The van der Waals surface area contributed by atoms with E-state index in [1.165, 1.54) is 10.9 Å². The third-order valence-corrected chi connectivity index (χ3v) is 4.68. The van der Waals surface area contributed by atoms with Crippen molar-refractivity contribution in [2.75, 3.05) is 13.2 Å². The van der Waals surface area contributed by atoms with E-state index >= 15 is 0 Å². The van der Waals surface area contributed by atoms with E-state index in [0.717, 1.165) is 18.4 Å². The number of hydrogen-bond donors (Lipinski definition) is 1. The molecule has 4 rings (SSSR count). The third kappa shape index (κ3) is 1.02. The molecule has 0 atom stereocenters.